The fraction of sp³-hybridized carbons (Fsp3) is 0.400. The Balaban J connectivity index is 1.64. The number of hydrogen-bond donors (Lipinski definition) is 1. The van der Waals surface area contributed by atoms with Crippen LogP contribution in [0, 0.1) is 5.92 Å². The molecule has 1 aromatic heterocycles. The molecular weight excluding hydrogens is 408 g/mol. The van der Waals surface area contributed by atoms with E-state index < -0.39 is 11.9 Å². The minimum atomic E-state index is -0.483. The highest BCUT2D eigenvalue weighted by Gasteiger charge is 2.39. The zero-order chi connectivity index (χ0) is 21.7. The van der Waals surface area contributed by atoms with Crippen LogP contribution in [0.25, 0.3) is 0 Å². The van der Waals surface area contributed by atoms with Gasteiger partial charge in [0.1, 0.15) is 11.5 Å². The summed E-state index contributed by atoms with van der Waals surface area (Å²) < 4.78 is 16.3. The lowest BCUT2D eigenvalue weighted by Crippen LogP contribution is -2.59. The number of imide groups is 1. The lowest BCUT2D eigenvalue weighted by Gasteiger charge is -2.34. The lowest BCUT2D eigenvalue weighted by molar-refractivity contribution is -0.134. The van der Waals surface area contributed by atoms with E-state index in [1.54, 1.807) is 27.2 Å². The van der Waals surface area contributed by atoms with Gasteiger partial charge in [0.15, 0.2) is 0 Å². The number of urea groups is 1. The number of methoxy groups -OCH3 is 2. The van der Waals surface area contributed by atoms with Crippen molar-refractivity contribution in [3.63, 3.8) is 0 Å². The van der Waals surface area contributed by atoms with Gasteiger partial charge in [-0.15, -0.1) is 16.8 Å². The first-order valence-corrected chi connectivity index (χ1v) is 10.3. The number of carbonyl (C=O) groups is 2. The minimum Gasteiger partial charge on any atom is -0.497 e. The molecule has 2 aromatic rings. The van der Waals surface area contributed by atoms with E-state index in [0.29, 0.717) is 28.4 Å². The summed E-state index contributed by atoms with van der Waals surface area (Å²) in [5.41, 5.74) is 0.981. The number of rotatable bonds is 9. The van der Waals surface area contributed by atoms with E-state index in [0.717, 1.165) is 10.5 Å². The maximum absolute atomic E-state index is 12.7. The third-order valence-corrected chi connectivity index (χ3v) is 5.60. The Morgan fingerprint density at radius 3 is 2.57 bits per heavy atom. The second-order valence-electron chi connectivity index (χ2n) is 6.76. The number of ether oxygens (including phenoxy) is 2. The topological polar surface area (TPSA) is 107 Å². The number of benzene rings is 1. The van der Waals surface area contributed by atoms with Gasteiger partial charge < -0.3 is 19.2 Å². The first kappa shape index (κ1) is 21.7. The molecule has 3 amide bonds. The molecule has 3 rings (SSSR count). The Kier molecular flexibility index (Phi) is 6.99. The fourth-order valence-electron chi connectivity index (χ4n) is 3.12. The van der Waals surface area contributed by atoms with Crippen molar-refractivity contribution in [1.29, 1.82) is 0 Å². The van der Waals surface area contributed by atoms with E-state index in [-0.39, 0.29) is 24.9 Å². The summed E-state index contributed by atoms with van der Waals surface area (Å²) in [7, 11) is 3.20. The standard InChI is InChI=1S/C20H24N4O5S/c1-5-6-24-18(25)16(12(2)21-19(24)26)10-17-22-23-20(29-17)30-11-13-7-14(27-3)9-15(8-13)28-4/h5,7-9,12,16H,1,6,10-11H2,2-4H3,(H,21,26). The summed E-state index contributed by atoms with van der Waals surface area (Å²) in [4.78, 5) is 25.8. The van der Waals surface area contributed by atoms with E-state index in [9.17, 15) is 9.59 Å². The van der Waals surface area contributed by atoms with Crippen LogP contribution >= 0.6 is 11.8 Å². The smallest absolute Gasteiger partial charge is 0.324 e. The molecule has 10 heteroatoms. The van der Waals surface area contributed by atoms with Gasteiger partial charge in [-0.05, 0) is 24.6 Å². The Hall–Kier alpha value is -3.01. The molecule has 0 spiro atoms. The van der Waals surface area contributed by atoms with Crippen molar-refractivity contribution in [2.45, 2.75) is 30.4 Å². The molecule has 1 N–H and O–H groups in total. The molecule has 1 aliphatic heterocycles. The lowest BCUT2D eigenvalue weighted by atomic mass is 9.93. The van der Waals surface area contributed by atoms with Crippen molar-refractivity contribution in [1.82, 2.24) is 20.4 Å². The van der Waals surface area contributed by atoms with Crippen molar-refractivity contribution in [2.75, 3.05) is 20.8 Å². The van der Waals surface area contributed by atoms with Gasteiger partial charge in [-0.1, -0.05) is 17.8 Å². The third-order valence-electron chi connectivity index (χ3n) is 4.71. The van der Waals surface area contributed by atoms with Gasteiger partial charge in [0.05, 0.1) is 20.1 Å². The largest absolute Gasteiger partial charge is 0.497 e. The summed E-state index contributed by atoms with van der Waals surface area (Å²) in [5, 5.41) is 11.3. The van der Waals surface area contributed by atoms with Crippen molar-refractivity contribution in [2.24, 2.45) is 5.92 Å². The number of carbonyl (C=O) groups excluding carboxylic acids is 2. The quantitative estimate of drug-likeness (QED) is 0.476. The van der Waals surface area contributed by atoms with Crippen LogP contribution in [0.1, 0.15) is 18.4 Å². The number of hydrogen-bond acceptors (Lipinski definition) is 8. The molecule has 1 fully saturated rings. The van der Waals surface area contributed by atoms with Crippen LogP contribution in [0.5, 0.6) is 11.5 Å². The Labute approximate surface area is 178 Å². The van der Waals surface area contributed by atoms with Gasteiger partial charge in [0.25, 0.3) is 5.22 Å². The molecular formula is C20H24N4O5S. The molecule has 30 heavy (non-hydrogen) atoms. The van der Waals surface area contributed by atoms with Crippen LogP contribution in [0.15, 0.2) is 40.5 Å². The Morgan fingerprint density at radius 1 is 1.23 bits per heavy atom. The summed E-state index contributed by atoms with van der Waals surface area (Å²) in [6.45, 7) is 5.53. The number of nitrogens with zero attached hydrogens (tertiary/aromatic N) is 3. The van der Waals surface area contributed by atoms with Crippen molar-refractivity contribution in [3.8, 4) is 11.5 Å². The van der Waals surface area contributed by atoms with Crippen LogP contribution in [-0.2, 0) is 17.0 Å². The van der Waals surface area contributed by atoms with Crippen LogP contribution in [-0.4, -0.2) is 53.8 Å². The molecule has 2 unspecified atom stereocenters. The Bertz CT molecular complexity index is 909. The third kappa shape index (κ3) is 4.93. The van der Waals surface area contributed by atoms with Crippen molar-refractivity contribution in [3.05, 3.63) is 42.3 Å². The van der Waals surface area contributed by atoms with Crippen LogP contribution < -0.4 is 14.8 Å². The molecule has 0 aliphatic carbocycles. The number of thioether (sulfide) groups is 1. The van der Waals surface area contributed by atoms with Gasteiger partial charge in [-0.3, -0.25) is 9.69 Å². The summed E-state index contributed by atoms with van der Waals surface area (Å²) in [5.74, 6) is 1.57. The van der Waals surface area contributed by atoms with E-state index in [4.69, 9.17) is 13.9 Å². The molecule has 1 aromatic carbocycles. The number of amides is 3. The summed E-state index contributed by atoms with van der Waals surface area (Å²) >= 11 is 1.38. The highest BCUT2D eigenvalue weighted by Crippen LogP contribution is 2.28. The van der Waals surface area contributed by atoms with E-state index >= 15 is 0 Å². The number of aromatic nitrogens is 2. The van der Waals surface area contributed by atoms with E-state index in [1.807, 2.05) is 12.1 Å². The molecule has 9 nitrogen and oxygen atoms in total. The van der Waals surface area contributed by atoms with Crippen LogP contribution in [0.2, 0.25) is 0 Å². The molecule has 160 valence electrons. The van der Waals surface area contributed by atoms with Crippen LogP contribution in [0.3, 0.4) is 0 Å². The Morgan fingerprint density at radius 2 is 1.93 bits per heavy atom. The van der Waals surface area contributed by atoms with Gasteiger partial charge in [0, 0.05) is 30.8 Å². The van der Waals surface area contributed by atoms with Crippen molar-refractivity contribution >= 4 is 23.7 Å². The predicted molar refractivity (Wildman–Crippen MR) is 111 cm³/mol. The summed E-state index contributed by atoms with van der Waals surface area (Å²) in [6, 6.07) is 4.87. The minimum absolute atomic E-state index is 0.156. The average molecular weight is 433 g/mol. The zero-order valence-corrected chi connectivity index (χ0v) is 17.9. The highest BCUT2D eigenvalue weighted by atomic mass is 32.2. The van der Waals surface area contributed by atoms with Gasteiger partial charge in [-0.25, -0.2) is 4.79 Å². The van der Waals surface area contributed by atoms with Gasteiger partial charge >= 0.3 is 6.03 Å². The first-order valence-electron chi connectivity index (χ1n) is 9.35. The van der Waals surface area contributed by atoms with Gasteiger partial charge in [0.2, 0.25) is 11.8 Å². The predicted octanol–water partition coefficient (Wildman–Crippen LogP) is 2.66. The maximum Gasteiger partial charge on any atom is 0.324 e. The van der Waals surface area contributed by atoms with Gasteiger partial charge in [-0.2, -0.15) is 0 Å². The molecule has 0 radical (unpaired) electrons. The molecule has 1 saturated heterocycles. The molecule has 2 atom stereocenters. The normalized spacial score (nSPS) is 18.8. The second kappa shape index (κ2) is 9.66. The molecule has 1 aliphatic rings. The SMILES string of the molecule is C=CCN1C(=O)NC(C)C(Cc2nnc(SCc3cc(OC)cc(OC)c3)o2)C1=O. The highest BCUT2D eigenvalue weighted by molar-refractivity contribution is 7.98. The molecule has 0 bridgehead atoms. The fourth-order valence-corrected chi connectivity index (χ4v) is 3.83. The summed E-state index contributed by atoms with van der Waals surface area (Å²) in [6.07, 6.45) is 1.76. The van der Waals surface area contributed by atoms with E-state index in [2.05, 4.69) is 22.1 Å². The maximum atomic E-state index is 12.7. The molecule has 0 saturated carbocycles. The van der Waals surface area contributed by atoms with E-state index in [1.165, 1.54) is 17.8 Å². The first-order chi connectivity index (χ1) is 14.4. The second-order valence-corrected chi connectivity index (χ2v) is 7.68. The molecule has 2 heterocycles. The van der Waals surface area contributed by atoms with Crippen molar-refractivity contribution < 1.29 is 23.5 Å². The average Bonchev–Trinajstić information content (AvgIpc) is 3.20. The zero-order valence-electron chi connectivity index (χ0n) is 17.1. The number of nitrogens with one attached hydrogen (secondary N) is 1. The van der Waals surface area contributed by atoms with Crippen LogP contribution in [0.4, 0.5) is 4.79 Å². The monoisotopic (exact) mass is 432 g/mol.